The van der Waals surface area contributed by atoms with E-state index in [4.69, 9.17) is 0 Å². The van der Waals surface area contributed by atoms with Crippen molar-refractivity contribution < 1.29 is 22.3 Å². The number of aliphatic hydroxyl groups excluding tert-OH is 1. The Bertz CT molecular complexity index is 512. The first-order chi connectivity index (χ1) is 7.85. The molecule has 1 saturated heterocycles. The summed E-state index contributed by atoms with van der Waals surface area (Å²) >= 11 is 0. The van der Waals surface area contributed by atoms with Crippen molar-refractivity contribution >= 4 is 15.5 Å². The highest BCUT2D eigenvalue weighted by atomic mass is 32.2. The molecule has 0 amide bonds. The summed E-state index contributed by atoms with van der Waals surface area (Å²) in [7, 11) is -3.29. The van der Waals surface area contributed by atoms with Gasteiger partial charge in [-0.2, -0.15) is 0 Å². The maximum absolute atomic E-state index is 12.9. The fraction of sp³-hybridized carbons (Fsp3) is 0.400. The van der Waals surface area contributed by atoms with Crippen LogP contribution >= 0.6 is 0 Å². The third kappa shape index (κ3) is 2.92. The number of nitrogens with one attached hydrogen (secondary N) is 1. The van der Waals surface area contributed by atoms with Crippen LogP contribution in [0.4, 0.5) is 14.5 Å². The van der Waals surface area contributed by atoms with Gasteiger partial charge in [0.05, 0.1) is 23.7 Å². The van der Waals surface area contributed by atoms with Crippen molar-refractivity contribution in [1.29, 1.82) is 0 Å². The zero-order valence-electron chi connectivity index (χ0n) is 8.73. The molecule has 4 nitrogen and oxygen atoms in total. The van der Waals surface area contributed by atoms with Crippen molar-refractivity contribution in [2.75, 3.05) is 16.8 Å². The van der Waals surface area contributed by atoms with Gasteiger partial charge in [0.1, 0.15) is 11.6 Å². The highest BCUT2D eigenvalue weighted by Gasteiger charge is 2.36. The largest absolute Gasteiger partial charge is 0.390 e. The fourth-order valence-corrected chi connectivity index (χ4v) is 3.56. The molecule has 17 heavy (non-hydrogen) atoms. The summed E-state index contributed by atoms with van der Waals surface area (Å²) in [5.74, 6) is -2.10. The van der Waals surface area contributed by atoms with Crippen molar-refractivity contribution in [3.05, 3.63) is 29.8 Å². The number of hydrogen-bond acceptors (Lipinski definition) is 4. The second-order valence-electron chi connectivity index (χ2n) is 4.05. The lowest BCUT2D eigenvalue weighted by Crippen LogP contribution is -2.31. The molecule has 7 heteroatoms. The Kier molecular flexibility index (Phi) is 3.05. The Morgan fingerprint density at radius 3 is 2.24 bits per heavy atom. The minimum atomic E-state index is -3.29. The summed E-state index contributed by atoms with van der Waals surface area (Å²) in [6.45, 7) is 0. The Hall–Kier alpha value is -1.21. The Morgan fingerprint density at radius 2 is 1.76 bits per heavy atom. The predicted molar refractivity (Wildman–Crippen MR) is 58.4 cm³/mol. The molecule has 0 aromatic heterocycles. The topological polar surface area (TPSA) is 66.4 Å². The van der Waals surface area contributed by atoms with Gasteiger partial charge in [-0.05, 0) is 12.1 Å². The number of benzene rings is 1. The SMILES string of the molecule is O=S1(=O)CC(O)C(Nc2cc(F)cc(F)c2)C1. The first-order valence-corrected chi connectivity index (χ1v) is 6.79. The first-order valence-electron chi connectivity index (χ1n) is 4.97. The van der Waals surface area contributed by atoms with Crippen LogP contribution in [0.15, 0.2) is 18.2 Å². The minimum Gasteiger partial charge on any atom is -0.390 e. The molecule has 1 fully saturated rings. The molecule has 1 aromatic carbocycles. The second kappa shape index (κ2) is 4.23. The Balaban J connectivity index is 2.16. The third-order valence-electron chi connectivity index (χ3n) is 2.54. The lowest BCUT2D eigenvalue weighted by Gasteiger charge is -2.16. The third-order valence-corrected chi connectivity index (χ3v) is 4.25. The van der Waals surface area contributed by atoms with Crippen LogP contribution in [0.3, 0.4) is 0 Å². The van der Waals surface area contributed by atoms with Crippen LogP contribution in [-0.4, -0.2) is 37.2 Å². The fourth-order valence-electron chi connectivity index (χ4n) is 1.82. The van der Waals surface area contributed by atoms with Gasteiger partial charge in [-0.25, -0.2) is 17.2 Å². The molecule has 0 radical (unpaired) electrons. The molecule has 1 aliphatic heterocycles. The number of rotatable bonds is 2. The maximum atomic E-state index is 12.9. The molecule has 0 saturated carbocycles. The number of hydrogen-bond donors (Lipinski definition) is 2. The Labute approximate surface area is 97.2 Å². The van der Waals surface area contributed by atoms with E-state index in [-0.39, 0.29) is 17.2 Å². The predicted octanol–water partition coefficient (Wildman–Crippen LogP) is 0.535. The van der Waals surface area contributed by atoms with Gasteiger partial charge in [0, 0.05) is 11.8 Å². The van der Waals surface area contributed by atoms with Gasteiger partial charge in [-0.3, -0.25) is 0 Å². The zero-order chi connectivity index (χ0) is 12.6. The lowest BCUT2D eigenvalue weighted by atomic mass is 10.2. The van der Waals surface area contributed by atoms with E-state index in [9.17, 15) is 22.3 Å². The van der Waals surface area contributed by atoms with Gasteiger partial charge < -0.3 is 10.4 Å². The van der Waals surface area contributed by atoms with Crippen molar-refractivity contribution in [2.24, 2.45) is 0 Å². The summed E-state index contributed by atoms with van der Waals surface area (Å²) in [4.78, 5) is 0. The number of aliphatic hydroxyl groups is 1. The van der Waals surface area contributed by atoms with Crippen LogP contribution in [0, 0.1) is 11.6 Å². The quantitative estimate of drug-likeness (QED) is 0.817. The molecule has 1 heterocycles. The normalized spacial score (nSPS) is 27.0. The molecule has 0 spiro atoms. The monoisotopic (exact) mass is 263 g/mol. The van der Waals surface area contributed by atoms with E-state index >= 15 is 0 Å². The van der Waals surface area contributed by atoms with Crippen LogP contribution in [0.2, 0.25) is 0 Å². The van der Waals surface area contributed by atoms with Gasteiger partial charge in [0.15, 0.2) is 9.84 Å². The van der Waals surface area contributed by atoms with E-state index < -0.39 is 33.6 Å². The molecular weight excluding hydrogens is 252 g/mol. The molecule has 1 aromatic rings. The van der Waals surface area contributed by atoms with Gasteiger partial charge >= 0.3 is 0 Å². The Morgan fingerprint density at radius 1 is 1.18 bits per heavy atom. The minimum absolute atomic E-state index is 0.114. The molecule has 2 atom stereocenters. The van der Waals surface area contributed by atoms with E-state index in [1.54, 1.807) is 0 Å². The van der Waals surface area contributed by atoms with Crippen LogP contribution in [0.25, 0.3) is 0 Å². The molecule has 2 rings (SSSR count). The molecule has 2 N–H and O–H groups in total. The van der Waals surface area contributed by atoms with E-state index in [1.807, 2.05) is 0 Å². The molecule has 1 aliphatic rings. The van der Waals surface area contributed by atoms with Crippen molar-refractivity contribution in [1.82, 2.24) is 0 Å². The second-order valence-corrected chi connectivity index (χ2v) is 6.21. The lowest BCUT2D eigenvalue weighted by molar-refractivity contribution is 0.190. The van der Waals surface area contributed by atoms with Crippen LogP contribution in [0.5, 0.6) is 0 Å². The zero-order valence-corrected chi connectivity index (χ0v) is 9.55. The first kappa shape index (κ1) is 12.3. The van der Waals surface area contributed by atoms with Crippen molar-refractivity contribution in [2.45, 2.75) is 12.1 Å². The molecule has 0 bridgehead atoms. The summed E-state index contributed by atoms with van der Waals surface area (Å²) in [6, 6.07) is 2.07. The average Bonchev–Trinajstić information content (AvgIpc) is 2.37. The van der Waals surface area contributed by atoms with Gasteiger partial charge in [-0.15, -0.1) is 0 Å². The molecule has 2 unspecified atom stereocenters. The van der Waals surface area contributed by atoms with Gasteiger partial charge in [-0.1, -0.05) is 0 Å². The molecule has 94 valence electrons. The van der Waals surface area contributed by atoms with Gasteiger partial charge in [0.25, 0.3) is 0 Å². The number of sulfone groups is 1. The van der Waals surface area contributed by atoms with Gasteiger partial charge in [0.2, 0.25) is 0 Å². The molecular formula is C10H11F2NO3S. The summed E-state index contributed by atoms with van der Waals surface area (Å²) in [6.07, 6.45) is -1.06. The van der Waals surface area contributed by atoms with E-state index in [0.29, 0.717) is 6.07 Å². The van der Waals surface area contributed by atoms with E-state index in [0.717, 1.165) is 12.1 Å². The van der Waals surface area contributed by atoms with Crippen LogP contribution in [-0.2, 0) is 9.84 Å². The highest BCUT2D eigenvalue weighted by Crippen LogP contribution is 2.19. The maximum Gasteiger partial charge on any atom is 0.155 e. The number of halogens is 2. The standard InChI is InChI=1S/C10H11F2NO3S/c11-6-1-7(12)3-8(2-6)13-9-4-17(15,16)5-10(9)14/h1-3,9-10,13-14H,4-5H2. The highest BCUT2D eigenvalue weighted by molar-refractivity contribution is 7.91. The van der Waals surface area contributed by atoms with E-state index in [2.05, 4.69) is 5.32 Å². The summed E-state index contributed by atoms with van der Waals surface area (Å²) in [5.41, 5.74) is 0.114. The van der Waals surface area contributed by atoms with Crippen molar-refractivity contribution in [3.63, 3.8) is 0 Å². The molecule has 0 aliphatic carbocycles. The number of anilines is 1. The average molecular weight is 263 g/mol. The summed E-state index contributed by atoms with van der Waals surface area (Å²) < 4.78 is 48.2. The van der Waals surface area contributed by atoms with Crippen LogP contribution < -0.4 is 5.32 Å². The smallest absolute Gasteiger partial charge is 0.155 e. The van der Waals surface area contributed by atoms with Crippen molar-refractivity contribution in [3.8, 4) is 0 Å². The summed E-state index contributed by atoms with van der Waals surface area (Å²) in [5, 5.41) is 12.1. The van der Waals surface area contributed by atoms with E-state index in [1.165, 1.54) is 0 Å². The van der Waals surface area contributed by atoms with Crippen LogP contribution in [0.1, 0.15) is 0 Å².